The van der Waals surface area contributed by atoms with Gasteiger partial charge in [0.15, 0.2) is 6.10 Å². The zero-order valence-electron chi connectivity index (χ0n) is 23.1. The Hall–Kier alpha value is -2.51. The van der Waals surface area contributed by atoms with Crippen LogP contribution in [0.1, 0.15) is 76.2 Å². The van der Waals surface area contributed by atoms with Crippen molar-refractivity contribution < 1.29 is 75.7 Å². The highest BCUT2D eigenvalue weighted by atomic mass is 32.2. The van der Waals surface area contributed by atoms with Gasteiger partial charge >= 0.3 is 48.9 Å². The lowest BCUT2D eigenvalue weighted by Gasteiger charge is -2.26. The van der Waals surface area contributed by atoms with E-state index in [1.54, 1.807) is 6.92 Å². The molecule has 0 bridgehead atoms. The zero-order chi connectivity index (χ0) is 33.7. The fourth-order valence-corrected chi connectivity index (χ4v) is 3.48. The molecule has 0 aromatic heterocycles. The summed E-state index contributed by atoms with van der Waals surface area (Å²) in [6.45, 7) is 9.07. The molecule has 0 aliphatic heterocycles. The average molecular weight is 665 g/mol. The maximum Gasteiger partial charge on any atom is 0.432 e. The van der Waals surface area contributed by atoms with E-state index in [2.05, 4.69) is 9.47 Å². The zero-order valence-corrected chi connectivity index (χ0v) is 24.7. The van der Waals surface area contributed by atoms with Crippen molar-refractivity contribution in [1.29, 1.82) is 0 Å². The number of ether oxygens (including phenoxy) is 2. The Labute approximate surface area is 238 Å². The number of carbonyl (C=O) groups excluding carboxylic acids is 2. The Kier molecular flexibility index (Phi) is 13.0. The Morgan fingerprint density at radius 3 is 1.57 bits per heavy atom. The third kappa shape index (κ3) is 10.0. The molecule has 1 aromatic rings. The van der Waals surface area contributed by atoms with Gasteiger partial charge in [-0.2, -0.15) is 47.6 Å². The lowest BCUT2D eigenvalue weighted by Crippen LogP contribution is -2.52. The first-order valence-electron chi connectivity index (χ1n) is 11.9. The third-order valence-corrected chi connectivity index (χ3v) is 7.96. The Balaban J connectivity index is 0.000000865. The number of hydrogen-bond acceptors (Lipinski definition) is 8. The summed E-state index contributed by atoms with van der Waals surface area (Å²) in [6.07, 6.45) is -11.4. The van der Waals surface area contributed by atoms with E-state index in [0.717, 1.165) is 24.1 Å². The van der Waals surface area contributed by atoms with Crippen LogP contribution in [0.5, 0.6) is 0 Å². The van der Waals surface area contributed by atoms with Gasteiger partial charge in [0.2, 0.25) is 0 Å². The van der Waals surface area contributed by atoms with E-state index in [0.29, 0.717) is 13.3 Å². The summed E-state index contributed by atoms with van der Waals surface area (Å²) in [6, 6.07) is 4.97. The minimum Gasteiger partial charge on any atom is -0.455 e. The minimum absolute atomic E-state index is 0.0943. The largest absolute Gasteiger partial charge is 0.455 e. The van der Waals surface area contributed by atoms with Gasteiger partial charge < -0.3 is 9.47 Å². The first-order valence-corrected chi connectivity index (χ1v) is 14.7. The van der Waals surface area contributed by atoms with Crippen molar-refractivity contribution in [2.75, 3.05) is 0 Å². The first kappa shape index (κ1) is 39.5. The average Bonchev–Trinajstić information content (AvgIpc) is 2.84. The van der Waals surface area contributed by atoms with Crippen molar-refractivity contribution in [1.82, 2.24) is 0 Å². The normalized spacial score (nSPS) is 15.5. The van der Waals surface area contributed by atoms with Crippen molar-refractivity contribution in [3.63, 3.8) is 0 Å². The van der Waals surface area contributed by atoms with Crippen LogP contribution in [0.3, 0.4) is 0 Å². The van der Waals surface area contributed by atoms with Gasteiger partial charge in [-0.15, -0.1) is 0 Å². The maximum absolute atomic E-state index is 13.3. The Bertz CT molecular complexity index is 1290. The summed E-state index contributed by atoms with van der Waals surface area (Å²) in [5.41, 5.74) is -0.717. The summed E-state index contributed by atoms with van der Waals surface area (Å²) in [5.74, 6) is -2.66. The van der Waals surface area contributed by atoms with E-state index in [9.17, 15) is 57.2 Å². The van der Waals surface area contributed by atoms with Crippen LogP contribution < -0.4 is 0 Å². The van der Waals surface area contributed by atoms with E-state index in [1.807, 2.05) is 13.8 Å². The summed E-state index contributed by atoms with van der Waals surface area (Å²) in [7, 11) is -12.1. The van der Waals surface area contributed by atoms with E-state index in [1.165, 1.54) is 26.0 Å². The molecule has 19 heteroatoms. The fourth-order valence-electron chi connectivity index (χ4n) is 2.56. The second-order valence-electron chi connectivity index (χ2n) is 9.62. The highest BCUT2D eigenvalue weighted by Gasteiger charge is 2.66. The van der Waals surface area contributed by atoms with Gasteiger partial charge in [0.25, 0.3) is 6.10 Å². The van der Waals surface area contributed by atoms with Gasteiger partial charge in [-0.3, -0.25) is 13.9 Å². The molecule has 0 amide bonds. The molecule has 0 aliphatic rings. The van der Waals surface area contributed by atoms with E-state index < -0.39 is 72.0 Å². The number of carbonyl (C=O) groups is 2. The van der Waals surface area contributed by atoms with E-state index in [-0.39, 0.29) is 5.92 Å². The van der Waals surface area contributed by atoms with Crippen LogP contribution in [0.25, 0.3) is 0 Å². The van der Waals surface area contributed by atoms with Gasteiger partial charge in [0.1, 0.15) is 0 Å². The van der Waals surface area contributed by atoms with Gasteiger partial charge in [-0.25, -0.2) is 4.79 Å². The molecule has 1 aromatic carbocycles. The van der Waals surface area contributed by atoms with Crippen LogP contribution in [0.15, 0.2) is 24.3 Å². The summed E-state index contributed by atoms with van der Waals surface area (Å²) in [5, 5.41) is -10.3. The van der Waals surface area contributed by atoms with Crippen LogP contribution in [0.2, 0.25) is 0 Å². The van der Waals surface area contributed by atoms with Crippen molar-refractivity contribution in [3.05, 3.63) is 35.4 Å². The van der Waals surface area contributed by atoms with Gasteiger partial charge in [0, 0.05) is 0 Å². The predicted molar refractivity (Wildman–Crippen MR) is 133 cm³/mol. The second-order valence-corrected chi connectivity index (χ2v) is 12.6. The van der Waals surface area contributed by atoms with Crippen LogP contribution in [0.4, 0.5) is 30.7 Å². The predicted octanol–water partition coefficient (Wildman–Crippen LogP) is 5.60. The number of rotatable bonds is 11. The number of benzene rings is 1. The third-order valence-electron chi connectivity index (χ3n) is 6.04. The maximum atomic E-state index is 13.3. The number of esters is 2. The summed E-state index contributed by atoms with van der Waals surface area (Å²) >= 11 is 0. The summed E-state index contributed by atoms with van der Waals surface area (Å²) < 4.78 is 157. The molecule has 0 saturated heterocycles. The molecule has 3 unspecified atom stereocenters. The van der Waals surface area contributed by atoms with Crippen LogP contribution in [-0.2, 0) is 34.5 Å². The molecule has 0 spiro atoms. The smallest absolute Gasteiger partial charge is 0.432 e. The lowest BCUT2D eigenvalue weighted by atomic mass is 9.91. The van der Waals surface area contributed by atoms with Crippen molar-refractivity contribution in [2.24, 2.45) is 5.41 Å². The van der Waals surface area contributed by atoms with Crippen LogP contribution in [0, 0.1) is 5.41 Å². The second kappa shape index (κ2) is 13.9. The highest BCUT2D eigenvalue weighted by molar-refractivity contribution is 7.87. The van der Waals surface area contributed by atoms with Gasteiger partial charge in [-0.05, 0) is 57.2 Å². The standard InChI is InChI=1S/C14H15F5O5S.C9H16F2O5S/c1-3-8(2)9-4-6-10(7-5-9)11(20)24-12(13(15,16)17)14(18,19)25(21,22)23;1-5-8(3,4)7(12)16-6(2)9(10,11)17(13,14)15/h4-8,12H,3H2,1-2H3,(H,21,22,23);6H,5H2,1-4H3,(H,13,14,15). The Morgan fingerprint density at radius 2 is 1.24 bits per heavy atom. The molecule has 2 N–H and O–H groups in total. The van der Waals surface area contributed by atoms with E-state index in [4.69, 9.17) is 9.11 Å². The quantitative estimate of drug-likeness (QED) is 0.173. The van der Waals surface area contributed by atoms with Crippen molar-refractivity contribution in [2.45, 2.75) is 89.2 Å². The molecular weight excluding hydrogens is 633 g/mol. The summed E-state index contributed by atoms with van der Waals surface area (Å²) in [4.78, 5) is 23.1. The number of halogens is 7. The van der Waals surface area contributed by atoms with Gasteiger partial charge in [-0.1, -0.05) is 32.9 Å². The molecule has 244 valence electrons. The monoisotopic (exact) mass is 664 g/mol. The molecule has 0 radical (unpaired) electrons. The van der Waals surface area contributed by atoms with Crippen LogP contribution >= 0.6 is 0 Å². The topological polar surface area (TPSA) is 161 Å². The Morgan fingerprint density at radius 1 is 0.810 bits per heavy atom. The molecule has 0 heterocycles. The molecule has 1 rings (SSSR count). The highest BCUT2D eigenvalue weighted by Crippen LogP contribution is 2.38. The SMILES string of the molecule is CCC(C)(C)C(=O)OC(C)C(F)(F)S(=O)(=O)O.CCC(C)c1ccc(C(=O)OC(C(F)(F)F)C(F)(F)S(=O)(=O)O)cc1. The lowest BCUT2D eigenvalue weighted by molar-refractivity contribution is -0.248. The van der Waals surface area contributed by atoms with E-state index >= 15 is 0 Å². The molecule has 0 saturated carbocycles. The molecule has 3 atom stereocenters. The van der Waals surface area contributed by atoms with Crippen LogP contribution in [-0.4, -0.2) is 66.8 Å². The van der Waals surface area contributed by atoms with Gasteiger partial charge in [0.05, 0.1) is 11.0 Å². The molecule has 0 aliphatic carbocycles. The number of hydrogen-bond donors (Lipinski definition) is 2. The fraction of sp³-hybridized carbons (Fsp3) is 0.652. The molecule has 10 nitrogen and oxygen atoms in total. The van der Waals surface area contributed by atoms with Crippen molar-refractivity contribution in [3.8, 4) is 0 Å². The first-order chi connectivity index (χ1) is 18.6. The number of alkyl halides is 7. The minimum atomic E-state index is -6.46. The molecule has 0 fully saturated rings. The molecular formula is C23H31F7O10S2. The molecule has 42 heavy (non-hydrogen) atoms. The van der Waals surface area contributed by atoms with Crippen molar-refractivity contribution >= 4 is 32.2 Å².